The van der Waals surface area contributed by atoms with Crippen molar-refractivity contribution < 1.29 is 14.3 Å². The summed E-state index contributed by atoms with van der Waals surface area (Å²) in [5.74, 6) is -0.921. The number of amides is 1. The summed E-state index contributed by atoms with van der Waals surface area (Å²) in [6.07, 6.45) is 0.767. The summed E-state index contributed by atoms with van der Waals surface area (Å²) in [4.78, 5) is 29.2. The van der Waals surface area contributed by atoms with E-state index >= 15 is 0 Å². The molecule has 1 amide bonds. The quantitative estimate of drug-likeness (QED) is 0.701. The number of rotatable bonds is 6. The topological polar surface area (TPSA) is 68.3 Å². The van der Waals surface area contributed by atoms with Gasteiger partial charge in [0.25, 0.3) is 5.91 Å². The van der Waals surface area contributed by atoms with Crippen LogP contribution >= 0.6 is 11.3 Å². The monoisotopic (exact) mass is 340 g/mol. The highest BCUT2D eigenvalue weighted by Crippen LogP contribution is 2.12. The summed E-state index contributed by atoms with van der Waals surface area (Å²) < 4.78 is 5.02. The highest BCUT2D eigenvalue weighted by atomic mass is 32.1. The fourth-order valence-corrected chi connectivity index (χ4v) is 2.92. The van der Waals surface area contributed by atoms with E-state index in [-0.39, 0.29) is 18.2 Å². The van der Waals surface area contributed by atoms with Crippen LogP contribution in [0.15, 0.2) is 53.9 Å². The molecular formula is C18H16N2O3S. The first kappa shape index (κ1) is 16.1. The molecule has 3 aromatic rings. The predicted molar refractivity (Wildman–Crippen MR) is 93.1 cm³/mol. The fourth-order valence-electron chi connectivity index (χ4n) is 2.22. The van der Waals surface area contributed by atoms with Crippen LogP contribution in [0.1, 0.15) is 15.4 Å². The Morgan fingerprint density at radius 2 is 1.96 bits per heavy atom. The number of ether oxygens (including phenoxy) is 1. The van der Waals surface area contributed by atoms with Crippen LogP contribution in [0.5, 0.6) is 0 Å². The lowest BCUT2D eigenvalue weighted by Crippen LogP contribution is -2.30. The Labute approximate surface area is 143 Å². The highest BCUT2D eigenvalue weighted by Gasteiger charge is 2.12. The van der Waals surface area contributed by atoms with Gasteiger partial charge in [-0.05, 0) is 30.0 Å². The molecule has 122 valence electrons. The molecule has 1 N–H and O–H groups in total. The Balaban J connectivity index is 1.48. The smallest absolute Gasteiger partial charge is 0.357 e. The van der Waals surface area contributed by atoms with E-state index in [1.165, 1.54) is 4.88 Å². The van der Waals surface area contributed by atoms with Gasteiger partial charge in [-0.25, -0.2) is 9.78 Å². The van der Waals surface area contributed by atoms with E-state index in [0.29, 0.717) is 12.1 Å². The van der Waals surface area contributed by atoms with Crippen molar-refractivity contribution in [2.45, 2.75) is 6.42 Å². The van der Waals surface area contributed by atoms with Crippen LogP contribution in [-0.2, 0) is 16.0 Å². The normalized spacial score (nSPS) is 10.5. The number of nitrogens with one attached hydrogen (secondary N) is 1. The summed E-state index contributed by atoms with van der Waals surface area (Å²) >= 11 is 1.65. The first-order valence-electron chi connectivity index (χ1n) is 7.54. The maximum Gasteiger partial charge on any atom is 0.357 e. The third-order valence-electron chi connectivity index (χ3n) is 3.42. The maximum atomic E-state index is 12.0. The lowest BCUT2D eigenvalue weighted by atomic mass is 10.2. The Kier molecular flexibility index (Phi) is 5.18. The van der Waals surface area contributed by atoms with E-state index in [9.17, 15) is 9.59 Å². The Morgan fingerprint density at radius 1 is 1.08 bits per heavy atom. The van der Waals surface area contributed by atoms with Gasteiger partial charge < -0.3 is 10.1 Å². The number of para-hydroxylation sites is 1. The lowest BCUT2D eigenvalue weighted by molar-refractivity contribution is -0.124. The van der Waals surface area contributed by atoms with Crippen LogP contribution in [0.2, 0.25) is 0 Å². The van der Waals surface area contributed by atoms with Crippen LogP contribution in [0, 0.1) is 0 Å². The number of nitrogens with zero attached hydrogens (tertiary/aromatic N) is 1. The number of esters is 1. The molecule has 1 aromatic carbocycles. The summed E-state index contributed by atoms with van der Waals surface area (Å²) in [5, 5.41) is 5.67. The van der Waals surface area contributed by atoms with E-state index in [2.05, 4.69) is 10.3 Å². The average Bonchev–Trinajstić information content (AvgIpc) is 3.12. The molecule has 0 saturated carbocycles. The third-order valence-corrected chi connectivity index (χ3v) is 4.35. The van der Waals surface area contributed by atoms with Crippen molar-refractivity contribution in [1.29, 1.82) is 0 Å². The van der Waals surface area contributed by atoms with Gasteiger partial charge in [-0.1, -0.05) is 30.3 Å². The number of benzene rings is 1. The Bertz CT molecular complexity index is 846. The fraction of sp³-hybridized carbons (Fsp3) is 0.167. The minimum atomic E-state index is -0.603. The van der Waals surface area contributed by atoms with Crippen LogP contribution in [0.25, 0.3) is 10.9 Å². The van der Waals surface area contributed by atoms with E-state index in [1.807, 2.05) is 41.8 Å². The van der Waals surface area contributed by atoms with Crippen molar-refractivity contribution in [1.82, 2.24) is 10.3 Å². The molecule has 0 spiro atoms. The summed E-state index contributed by atoms with van der Waals surface area (Å²) in [7, 11) is 0. The van der Waals surface area contributed by atoms with Gasteiger partial charge in [0, 0.05) is 16.8 Å². The molecule has 0 saturated heterocycles. The summed E-state index contributed by atoms with van der Waals surface area (Å²) in [6.45, 7) is 0.211. The van der Waals surface area contributed by atoms with Crippen LogP contribution in [0.4, 0.5) is 0 Å². The maximum absolute atomic E-state index is 12.0. The molecule has 0 aliphatic rings. The van der Waals surface area contributed by atoms with Crippen molar-refractivity contribution >= 4 is 34.1 Å². The number of aromatic nitrogens is 1. The van der Waals surface area contributed by atoms with E-state index in [4.69, 9.17) is 4.74 Å². The molecule has 2 aromatic heterocycles. The second-order valence-corrected chi connectivity index (χ2v) is 6.18. The van der Waals surface area contributed by atoms with Crippen molar-refractivity contribution in [2.75, 3.05) is 13.2 Å². The number of hydrogen-bond acceptors (Lipinski definition) is 5. The number of carbonyl (C=O) groups is 2. The van der Waals surface area contributed by atoms with Gasteiger partial charge in [-0.3, -0.25) is 4.79 Å². The molecule has 3 rings (SSSR count). The molecule has 0 radical (unpaired) electrons. The third kappa shape index (κ3) is 4.17. The lowest BCUT2D eigenvalue weighted by Gasteiger charge is -2.06. The summed E-state index contributed by atoms with van der Waals surface area (Å²) in [6, 6.07) is 14.9. The van der Waals surface area contributed by atoms with E-state index in [1.54, 1.807) is 23.5 Å². The number of carbonyl (C=O) groups excluding carboxylic acids is 2. The number of hydrogen-bond donors (Lipinski definition) is 1. The van der Waals surface area contributed by atoms with Crippen molar-refractivity contribution in [3.63, 3.8) is 0 Å². The Hall–Kier alpha value is -2.73. The largest absolute Gasteiger partial charge is 0.451 e. The molecule has 5 nitrogen and oxygen atoms in total. The molecule has 0 unspecified atom stereocenters. The molecule has 0 fully saturated rings. The van der Waals surface area contributed by atoms with Crippen molar-refractivity contribution in [3.8, 4) is 0 Å². The molecule has 0 atom stereocenters. The van der Waals surface area contributed by atoms with Gasteiger partial charge in [0.05, 0.1) is 5.52 Å². The van der Waals surface area contributed by atoms with E-state index in [0.717, 1.165) is 11.8 Å². The molecule has 0 bridgehead atoms. The minimum absolute atomic E-state index is 0.195. The van der Waals surface area contributed by atoms with Gasteiger partial charge in [0.2, 0.25) is 0 Å². The second-order valence-electron chi connectivity index (χ2n) is 5.14. The van der Waals surface area contributed by atoms with Gasteiger partial charge in [-0.15, -0.1) is 11.3 Å². The number of thiophene rings is 1. The zero-order valence-corrected chi connectivity index (χ0v) is 13.7. The number of pyridine rings is 1. The zero-order chi connectivity index (χ0) is 16.8. The second kappa shape index (κ2) is 7.70. The first-order chi connectivity index (χ1) is 11.7. The van der Waals surface area contributed by atoms with Crippen LogP contribution in [0.3, 0.4) is 0 Å². The van der Waals surface area contributed by atoms with Crippen molar-refractivity contribution in [2.24, 2.45) is 0 Å². The SMILES string of the molecule is O=C(COC(=O)c1ccc2ccccc2n1)NCCc1cccs1. The van der Waals surface area contributed by atoms with Gasteiger partial charge in [0.1, 0.15) is 5.69 Å². The standard InChI is InChI=1S/C18H16N2O3S/c21-17(19-10-9-14-5-3-11-24-14)12-23-18(22)16-8-7-13-4-1-2-6-15(13)20-16/h1-8,11H,9-10,12H2,(H,19,21). The first-order valence-corrected chi connectivity index (χ1v) is 8.42. The molecule has 24 heavy (non-hydrogen) atoms. The highest BCUT2D eigenvalue weighted by molar-refractivity contribution is 7.09. The molecule has 6 heteroatoms. The van der Waals surface area contributed by atoms with Gasteiger partial charge in [-0.2, -0.15) is 0 Å². The van der Waals surface area contributed by atoms with E-state index < -0.39 is 5.97 Å². The van der Waals surface area contributed by atoms with Crippen LogP contribution < -0.4 is 5.32 Å². The Morgan fingerprint density at radius 3 is 2.79 bits per heavy atom. The summed E-state index contributed by atoms with van der Waals surface area (Å²) in [5.41, 5.74) is 0.910. The predicted octanol–water partition coefficient (Wildman–Crippen LogP) is 2.81. The average molecular weight is 340 g/mol. The van der Waals surface area contributed by atoms with Gasteiger partial charge >= 0.3 is 5.97 Å². The van der Waals surface area contributed by atoms with Gasteiger partial charge in [0.15, 0.2) is 6.61 Å². The molecule has 2 heterocycles. The molecule has 0 aliphatic carbocycles. The molecule has 0 aliphatic heterocycles. The number of fused-ring (bicyclic) bond motifs is 1. The molecular weight excluding hydrogens is 324 g/mol. The zero-order valence-electron chi connectivity index (χ0n) is 12.9. The minimum Gasteiger partial charge on any atom is -0.451 e. The van der Waals surface area contributed by atoms with Crippen LogP contribution in [-0.4, -0.2) is 30.0 Å². The van der Waals surface area contributed by atoms with Crippen molar-refractivity contribution in [3.05, 3.63) is 64.5 Å².